The molecule has 2 aromatic heterocycles. The lowest BCUT2D eigenvalue weighted by atomic mass is 9.85. The van der Waals surface area contributed by atoms with Crippen LogP contribution < -0.4 is 10.6 Å². The van der Waals surface area contributed by atoms with Gasteiger partial charge in [-0.2, -0.15) is 0 Å². The van der Waals surface area contributed by atoms with Gasteiger partial charge in [0.1, 0.15) is 23.3 Å². The van der Waals surface area contributed by atoms with Gasteiger partial charge in [-0.05, 0) is 26.7 Å². The van der Waals surface area contributed by atoms with Crippen LogP contribution in [-0.4, -0.2) is 38.5 Å². The van der Waals surface area contributed by atoms with Gasteiger partial charge in [0, 0.05) is 37.5 Å². The van der Waals surface area contributed by atoms with Crippen LogP contribution >= 0.6 is 0 Å². The second-order valence-corrected chi connectivity index (χ2v) is 5.85. The fraction of sp³-hybridized carbons (Fsp3) is 0.500. The number of carbonyl (C=O) groups excluding carboxylic acids is 1. The maximum atomic E-state index is 11.8. The molecule has 0 bridgehead atoms. The van der Waals surface area contributed by atoms with Gasteiger partial charge in [-0.15, -0.1) is 0 Å². The van der Waals surface area contributed by atoms with Crippen molar-refractivity contribution in [1.82, 2.24) is 24.8 Å². The van der Waals surface area contributed by atoms with Crippen LogP contribution in [0.4, 0.5) is 5.82 Å². The number of aryl methyl sites for hydroxylation is 2. The molecule has 23 heavy (non-hydrogen) atoms. The van der Waals surface area contributed by atoms with E-state index in [0.29, 0.717) is 18.9 Å². The summed E-state index contributed by atoms with van der Waals surface area (Å²) in [7, 11) is 0. The molecule has 0 aliphatic heterocycles. The first kappa shape index (κ1) is 15.5. The van der Waals surface area contributed by atoms with Crippen LogP contribution in [0.5, 0.6) is 0 Å². The van der Waals surface area contributed by atoms with E-state index in [1.807, 2.05) is 30.7 Å². The summed E-state index contributed by atoms with van der Waals surface area (Å²) in [6, 6.07) is 1.88. The Balaban J connectivity index is 1.56. The Morgan fingerprint density at radius 3 is 2.78 bits per heavy atom. The van der Waals surface area contributed by atoms with Gasteiger partial charge in [-0.25, -0.2) is 15.0 Å². The predicted molar refractivity (Wildman–Crippen MR) is 87.5 cm³/mol. The molecule has 0 spiro atoms. The van der Waals surface area contributed by atoms with Crippen LogP contribution in [0.15, 0.2) is 18.5 Å². The molecule has 0 saturated heterocycles. The number of amides is 1. The summed E-state index contributed by atoms with van der Waals surface area (Å²) in [4.78, 5) is 24.8. The second kappa shape index (κ2) is 6.76. The van der Waals surface area contributed by atoms with Gasteiger partial charge in [0.05, 0.1) is 0 Å². The van der Waals surface area contributed by atoms with E-state index in [0.717, 1.165) is 30.3 Å². The fourth-order valence-electron chi connectivity index (χ4n) is 2.58. The summed E-state index contributed by atoms with van der Waals surface area (Å²) in [5.41, 5.74) is 0. The third kappa shape index (κ3) is 3.67. The number of nitrogens with one attached hydrogen (secondary N) is 2. The molecule has 1 aliphatic carbocycles. The fourth-order valence-corrected chi connectivity index (χ4v) is 2.58. The zero-order valence-electron chi connectivity index (χ0n) is 13.5. The van der Waals surface area contributed by atoms with Gasteiger partial charge in [0.2, 0.25) is 5.91 Å². The zero-order chi connectivity index (χ0) is 16.2. The van der Waals surface area contributed by atoms with Gasteiger partial charge >= 0.3 is 0 Å². The first-order valence-corrected chi connectivity index (χ1v) is 8.01. The standard InChI is InChI=1S/C16H22N6O/c1-11-20-14(10-15(21-11)22-9-8-17-12(22)2)18-6-7-19-16(23)13-4-3-5-13/h8-10,13H,3-7H2,1-2H3,(H,19,23)(H,18,20,21). The Bertz CT molecular complexity index is 692. The zero-order valence-corrected chi connectivity index (χ0v) is 13.5. The van der Waals surface area contributed by atoms with E-state index in [-0.39, 0.29) is 11.8 Å². The van der Waals surface area contributed by atoms with Gasteiger partial charge in [0.25, 0.3) is 0 Å². The number of hydrogen-bond acceptors (Lipinski definition) is 5. The number of hydrogen-bond donors (Lipinski definition) is 2. The summed E-state index contributed by atoms with van der Waals surface area (Å²) in [6.07, 6.45) is 6.85. The largest absolute Gasteiger partial charge is 0.368 e. The van der Waals surface area contributed by atoms with Gasteiger partial charge < -0.3 is 10.6 Å². The van der Waals surface area contributed by atoms with Crippen molar-refractivity contribution in [2.75, 3.05) is 18.4 Å². The Morgan fingerprint density at radius 1 is 1.30 bits per heavy atom. The van der Waals surface area contributed by atoms with Crippen molar-refractivity contribution >= 4 is 11.7 Å². The highest BCUT2D eigenvalue weighted by atomic mass is 16.1. The molecule has 7 heteroatoms. The summed E-state index contributed by atoms with van der Waals surface area (Å²) in [6.45, 7) is 5.02. The molecule has 1 amide bonds. The number of aromatic nitrogens is 4. The van der Waals surface area contributed by atoms with Crippen LogP contribution in [0.3, 0.4) is 0 Å². The lowest BCUT2D eigenvalue weighted by molar-refractivity contribution is -0.127. The van der Waals surface area contributed by atoms with Crippen molar-refractivity contribution in [2.45, 2.75) is 33.1 Å². The Kier molecular flexibility index (Phi) is 4.55. The highest BCUT2D eigenvalue weighted by Crippen LogP contribution is 2.25. The third-order valence-electron chi connectivity index (χ3n) is 4.10. The molecule has 2 heterocycles. The van der Waals surface area contributed by atoms with Gasteiger partial charge in [-0.1, -0.05) is 6.42 Å². The number of imidazole rings is 1. The monoisotopic (exact) mass is 314 g/mol. The van der Waals surface area contributed by atoms with Crippen molar-refractivity contribution in [3.8, 4) is 5.82 Å². The summed E-state index contributed by atoms with van der Waals surface area (Å²) in [5, 5.41) is 6.20. The maximum Gasteiger partial charge on any atom is 0.223 e. The lowest BCUT2D eigenvalue weighted by Crippen LogP contribution is -2.36. The number of carbonyl (C=O) groups is 1. The molecule has 0 unspecified atom stereocenters. The Hall–Kier alpha value is -2.44. The molecule has 2 N–H and O–H groups in total. The van der Waals surface area contributed by atoms with Crippen LogP contribution in [0.2, 0.25) is 0 Å². The highest BCUT2D eigenvalue weighted by Gasteiger charge is 2.24. The second-order valence-electron chi connectivity index (χ2n) is 5.85. The van der Waals surface area contributed by atoms with Crippen molar-refractivity contribution in [2.24, 2.45) is 5.92 Å². The Morgan fingerprint density at radius 2 is 2.13 bits per heavy atom. The molecular weight excluding hydrogens is 292 g/mol. The third-order valence-corrected chi connectivity index (χ3v) is 4.10. The SMILES string of the molecule is Cc1nc(NCCNC(=O)C2CCC2)cc(-n2ccnc2C)n1. The van der Waals surface area contributed by atoms with E-state index >= 15 is 0 Å². The van der Waals surface area contributed by atoms with Crippen LogP contribution in [0, 0.1) is 19.8 Å². The maximum absolute atomic E-state index is 11.8. The molecule has 0 atom stereocenters. The average molecular weight is 314 g/mol. The van der Waals surface area contributed by atoms with Crippen molar-refractivity contribution in [1.29, 1.82) is 0 Å². The van der Waals surface area contributed by atoms with E-state index < -0.39 is 0 Å². The molecule has 1 saturated carbocycles. The quantitative estimate of drug-likeness (QED) is 0.791. The van der Waals surface area contributed by atoms with Crippen LogP contribution in [0.25, 0.3) is 5.82 Å². The van der Waals surface area contributed by atoms with Crippen LogP contribution in [0.1, 0.15) is 30.9 Å². The first-order valence-electron chi connectivity index (χ1n) is 8.01. The molecule has 7 nitrogen and oxygen atoms in total. The number of anilines is 1. The first-order chi connectivity index (χ1) is 11.1. The van der Waals surface area contributed by atoms with Crippen molar-refractivity contribution < 1.29 is 4.79 Å². The van der Waals surface area contributed by atoms with Crippen LogP contribution in [-0.2, 0) is 4.79 Å². The number of rotatable bonds is 6. The lowest BCUT2D eigenvalue weighted by Gasteiger charge is -2.24. The van der Waals surface area contributed by atoms with Gasteiger partial charge in [-0.3, -0.25) is 9.36 Å². The highest BCUT2D eigenvalue weighted by molar-refractivity contribution is 5.79. The van der Waals surface area contributed by atoms with Gasteiger partial charge in [0.15, 0.2) is 0 Å². The van der Waals surface area contributed by atoms with Crippen molar-refractivity contribution in [3.63, 3.8) is 0 Å². The van der Waals surface area contributed by atoms with E-state index in [9.17, 15) is 4.79 Å². The minimum atomic E-state index is 0.173. The smallest absolute Gasteiger partial charge is 0.223 e. The molecule has 3 rings (SSSR count). The molecule has 0 aromatic carbocycles. The van der Waals surface area contributed by atoms with E-state index in [2.05, 4.69) is 25.6 Å². The molecular formula is C16H22N6O. The average Bonchev–Trinajstić information content (AvgIpc) is 2.87. The van der Waals surface area contributed by atoms with E-state index in [1.54, 1.807) is 6.20 Å². The normalized spacial score (nSPS) is 14.3. The van der Waals surface area contributed by atoms with E-state index in [4.69, 9.17) is 0 Å². The van der Waals surface area contributed by atoms with Crippen molar-refractivity contribution in [3.05, 3.63) is 30.1 Å². The molecule has 0 radical (unpaired) electrons. The minimum Gasteiger partial charge on any atom is -0.368 e. The number of nitrogens with zero attached hydrogens (tertiary/aromatic N) is 4. The summed E-state index contributed by atoms with van der Waals surface area (Å²) < 4.78 is 1.91. The molecule has 122 valence electrons. The Labute approximate surface area is 135 Å². The molecule has 1 aliphatic rings. The van der Waals surface area contributed by atoms with E-state index in [1.165, 1.54) is 6.42 Å². The predicted octanol–water partition coefficient (Wildman–Crippen LogP) is 1.61. The minimum absolute atomic E-state index is 0.173. The summed E-state index contributed by atoms with van der Waals surface area (Å²) in [5.74, 6) is 3.50. The molecule has 1 fully saturated rings. The topological polar surface area (TPSA) is 84.7 Å². The molecule has 2 aromatic rings. The summed E-state index contributed by atoms with van der Waals surface area (Å²) >= 11 is 0.